The predicted molar refractivity (Wildman–Crippen MR) is 113 cm³/mol. The van der Waals surface area contributed by atoms with E-state index in [-0.39, 0.29) is 42.3 Å². The standard InChI is InChI=1S/C23H37NO6/c1-5-29-15-30-18-12-19(16(2)25)20(13-18)21(26)24(4)11-9-7-6-8-10-17-14-23(17,3)22(27)28/h8,10,17-20H,5-7,9,11-15H2,1-4H3,(H,27,28)/b10-8-/t17-,18-,19+,20-,23+/m1/s1. The molecule has 170 valence electrons. The van der Waals surface area contributed by atoms with E-state index in [1.54, 1.807) is 25.8 Å². The zero-order valence-electron chi connectivity index (χ0n) is 18.8. The van der Waals surface area contributed by atoms with Crippen molar-refractivity contribution in [1.29, 1.82) is 0 Å². The van der Waals surface area contributed by atoms with Crippen LogP contribution in [0.3, 0.4) is 0 Å². The van der Waals surface area contributed by atoms with Gasteiger partial charge in [0.15, 0.2) is 0 Å². The number of aliphatic carboxylic acids is 1. The third-order valence-electron chi connectivity index (χ3n) is 6.60. The molecule has 0 aromatic heterocycles. The Morgan fingerprint density at radius 3 is 2.50 bits per heavy atom. The number of ether oxygens (including phenoxy) is 2. The van der Waals surface area contributed by atoms with Gasteiger partial charge in [0.25, 0.3) is 0 Å². The van der Waals surface area contributed by atoms with Crippen LogP contribution in [0.1, 0.15) is 59.3 Å². The number of nitrogens with zero attached hydrogens (tertiary/aromatic N) is 1. The number of hydrogen-bond acceptors (Lipinski definition) is 5. The normalized spacial score (nSPS) is 30.5. The molecule has 0 aromatic carbocycles. The minimum absolute atomic E-state index is 0.0171. The summed E-state index contributed by atoms with van der Waals surface area (Å²) in [6, 6.07) is 0. The second kappa shape index (κ2) is 11.0. The Balaban J connectivity index is 1.71. The number of allylic oxidation sites excluding steroid dienone is 2. The minimum atomic E-state index is -0.724. The van der Waals surface area contributed by atoms with E-state index >= 15 is 0 Å². The first-order valence-corrected chi connectivity index (χ1v) is 11.1. The molecule has 0 aliphatic heterocycles. The Bertz CT molecular complexity index is 648. The third kappa shape index (κ3) is 6.38. The summed E-state index contributed by atoms with van der Waals surface area (Å²) >= 11 is 0. The van der Waals surface area contributed by atoms with Gasteiger partial charge in [0.05, 0.1) is 17.4 Å². The fourth-order valence-corrected chi connectivity index (χ4v) is 4.27. The van der Waals surface area contributed by atoms with Crippen LogP contribution in [-0.4, -0.2) is 60.8 Å². The summed E-state index contributed by atoms with van der Waals surface area (Å²) in [5.74, 6) is -1.12. The second-order valence-corrected chi connectivity index (χ2v) is 8.91. The average molecular weight is 424 g/mol. The van der Waals surface area contributed by atoms with Crippen molar-refractivity contribution >= 4 is 17.7 Å². The number of ketones is 1. The molecule has 0 spiro atoms. The molecular formula is C23H37NO6. The van der Waals surface area contributed by atoms with Gasteiger partial charge >= 0.3 is 5.97 Å². The molecule has 2 fully saturated rings. The molecule has 2 saturated carbocycles. The maximum absolute atomic E-state index is 12.9. The smallest absolute Gasteiger partial charge is 0.309 e. The van der Waals surface area contributed by atoms with Gasteiger partial charge in [-0.2, -0.15) is 0 Å². The fourth-order valence-electron chi connectivity index (χ4n) is 4.27. The van der Waals surface area contributed by atoms with Crippen LogP contribution in [0.2, 0.25) is 0 Å². The van der Waals surface area contributed by atoms with Gasteiger partial charge in [-0.3, -0.25) is 14.4 Å². The van der Waals surface area contributed by atoms with Gasteiger partial charge in [-0.05, 0) is 65.2 Å². The number of Topliss-reactive ketones (excluding diaryl/α,β-unsaturated/α-hetero) is 1. The first kappa shape index (κ1) is 24.5. The average Bonchev–Trinajstić information content (AvgIpc) is 3.18. The van der Waals surface area contributed by atoms with Crippen molar-refractivity contribution in [1.82, 2.24) is 4.90 Å². The number of carboxylic acid groups (broad SMARTS) is 1. The number of carboxylic acids is 1. The number of amides is 1. The molecule has 0 heterocycles. The van der Waals surface area contributed by atoms with E-state index in [1.165, 1.54) is 0 Å². The maximum atomic E-state index is 12.9. The number of unbranched alkanes of at least 4 members (excludes halogenated alkanes) is 2. The quantitative estimate of drug-likeness (QED) is 0.278. The van der Waals surface area contributed by atoms with Crippen LogP contribution in [0.15, 0.2) is 12.2 Å². The lowest BCUT2D eigenvalue weighted by molar-refractivity contribution is -0.143. The Hall–Kier alpha value is -1.73. The highest BCUT2D eigenvalue weighted by molar-refractivity contribution is 5.88. The number of carbonyl (C=O) groups is 3. The van der Waals surface area contributed by atoms with Crippen LogP contribution in [-0.2, 0) is 23.9 Å². The summed E-state index contributed by atoms with van der Waals surface area (Å²) in [5.41, 5.74) is -0.581. The maximum Gasteiger partial charge on any atom is 0.309 e. The highest BCUT2D eigenvalue weighted by Crippen LogP contribution is 2.53. The molecule has 1 N–H and O–H groups in total. The van der Waals surface area contributed by atoms with Gasteiger partial charge in [0.2, 0.25) is 5.91 Å². The molecule has 2 aliphatic carbocycles. The van der Waals surface area contributed by atoms with E-state index in [1.807, 2.05) is 13.0 Å². The summed E-state index contributed by atoms with van der Waals surface area (Å²) in [6.07, 6.45) is 8.49. The lowest BCUT2D eigenvalue weighted by Gasteiger charge is -2.24. The third-order valence-corrected chi connectivity index (χ3v) is 6.60. The van der Waals surface area contributed by atoms with Crippen LogP contribution < -0.4 is 0 Å². The summed E-state index contributed by atoms with van der Waals surface area (Å²) in [4.78, 5) is 37.8. The van der Waals surface area contributed by atoms with Crippen LogP contribution >= 0.6 is 0 Å². The van der Waals surface area contributed by atoms with E-state index in [2.05, 4.69) is 6.08 Å². The van der Waals surface area contributed by atoms with Crippen LogP contribution in [0.25, 0.3) is 0 Å². The first-order valence-electron chi connectivity index (χ1n) is 11.1. The van der Waals surface area contributed by atoms with Crippen molar-refractivity contribution in [2.75, 3.05) is 27.0 Å². The van der Waals surface area contributed by atoms with Crippen molar-refractivity contribution in [3.8, 4) is 0 Å². The zero-order chi connectivity index (χ0) is 22.3. The van der Waals surface area contributed by atoms with Crippen LogP contribution in [0.5, 0.6) is 0 Å². The lowest BCUT2D eigenvalue weighted by Crippen LogP contribution is -2.37. The molecule has 1 amide bonds. The molecule has 7 nitrogen and oxygen atoms in total. The Labute approximate surface area is 179 Å². The Morgan fingerprint density at radius 1 is 1.20 bits per heavy atom. The molecule has 0 bridgehead atoms. The van der Waals surface area contributed by atoms with Gasteiger partial charge in [0, 0.05) is 26.1 Å². The lowest BCUT2D eigenvalue weighted by atomic mass is 9.91. The van der Waals surface area contributed by atoms with Crippen LogP contribution in [0.4, 0.5) is 0 Å². The highest BCUT2D eigenvalue weighted by Gasteiger charge is 2.54. The largest absolute Gasteiger partial charge is 0.481 e. The van der Waals surface area contributed by atoms with Gasteiger partial charge in [-0.15, -0.1) is 0 Å². The summed E-state index contributed by atoms with van der Waals surface area (Å²) < 4.78 is 10.9. The summed E-state index contributed by atoms with van der Waals surface area (Å²) in [5, 5.41) is 9.14. The van der Waals surface area contributed by atoms with Crippen molar-refractivity contribution in [3.05, 3.63) is 12.2 Å². The minimum Gasteiger partial charge on any atom is -0.481 e. The number of rotatable bonds is 13. The van der Waals surface area contributed by atoms with Crippen LogP contribution in [0, 0.1) is 23.2 Å². The summed E-state index contributed by atoms with van der Waals surface area (Å²) in [6.45, 7) is 6.65. The molecular weight excluding hydrogens is 386 g/mol. The van der Waals surface area contributed by atoms with E-state index < -0.39 is 11.4 Å². The van der Waals surface area contributed by atoms with E-state index in [0.29, 0.717) is 32.4 Å². The fraction of sp³-hybridized carbons (Fsp3) is 0.783. The molecule has 0 radical (unpaired) electrons. The topological polar surface area (TPSA) is 93.1 Å². The van der Waals surface area contributed by atoms with E-state index in [0.717, 1.165) is 19.3 Å². The van der Waals surface area contributed by atoms with Gasteiger partial charge in [-0.1, -0.05) is 12.2 Å². The Morgan fingerprint density at radius 2 is 1.90 bits per heavy atom. The molecule has 0 saturated heterocycles. The van der Waals surface area contributed by atoms with Crippen molar-refractivity contribution in [2.24, 2.45) is 23.2 Å². The van der Waals surface area contributed by atoms with Gasteiger partial charge in [0.1, 0.15) is 12.6 Å². The predicted octanol–water partition coefficient (Wildman–Crippen LogP) is 3.28. The SMILES string of the molecule is CCOCO[C@@H]1C[C@@H](C(C)=O)[C@H](C(=O)N(C)CCCC/C=C\[C@@H]2C[C@]2(C)C(=O)O)C1. The molecule has 2 rings (SSSR count). The van der Waals surface area contributed by atoms with Crippen molar-refractivity contribution in [2.45, 2.75) is 65.4 Å². The molecule has 2 aliphatic rings. The number of hydrogen-bond donors (Lipinski definition) is 1. The molecule has 5 atom stereocenters. The monoisotopic (exact) mass is 423 g/mol. The van der Waals surface area contributed by atoms with E-state index in [4.69, 9.17) is 14.6 Å². The first-order chi connectivity index (χ1) is 14.2. The second-order valence-electron chi connectivity index (χ2n) is 8.91. The summed E-state index contributed by atoms with van der Waals surface area (Å²) in [7, 11) is 1.80. The highest BCUT2D eigenvalue weighted by atomic mass is 16.7. The van der Waals surface area contributed by atoms with E-state index in [9.17, 15) is 14.4 Å². The van der Waals surface area contributed by atoms with Crippen molar-refractivity contribution in [3.63, 3.8) is 0 Å². The number of carbonyl (C=O) groups excluding carboxylic acids is 2. The molecule has 7 heteroatoms. The Kier molecular flexibility index (Phi) is 9.04. The molecule has 0 aromatic rings. The van der Waals surface area contributed by atoms with Crippen molar-refractivity contribution < 1.29 is 29.0 Å². The van der Waals surface area contributed by atoms with Gasteiger partial charge in [-0.25, -0.2) is 0 Å². The zero-order valence-corrected chi connectivity index (χ0v) is 18.8. The molecule has 30 heavy (non-hydrogen) atoms. The molecule has 0 unspecified atom stereocenters. The van der Waals surface area contributed by atoms with Gasteiger partial charge < -0.3 is 19.5 Å².